The lowest BCUT2D eigenvalue weighted by molar-refractivity contribution is -0.147. The number of benzene rings is 3. The summed E-state index contributed by atoms with van der Waals surface area (Å²) in [6, 6.07) is 26.4. The number of hydrogen-bond donors (Lipinski definition) is 2. The lowest BCUT2D eigenvalue weighted by Crippen LogP contribution is -2.60. The van der Waals surface area contributed by atoms with Crippen LogP contribution in [-0.4, -0.2) is 47.3 Å². The van der Waals surface area contributed by atoms with Crippen LogP contribution in [0, 0.1) is 0 Å². The monoisotopic (exact) mass is 456 g/mol. The second kappa shape index (κ2) is 9.31. The number of aliphatic carboxylic acids is 1. The van der Waals surface area contributed by atoms with Crippen molar-refractivity contribution < 1.29 is 19.4 Å². The van der Waals surface area contributed by atoms with Crippen molar-refractivity contribution in [1.82, 2.24) is 10.2 Å². The molecule has 3 aromatic rings. The van der Waals surface area contributed by atoms with E-state index in [1.54, 1.807) is 0 Å². The molecule has 0 bridgehead atoms. The minimum atomic E-state index is -1.31. The van der Waals surface area contributed by atoms with Gasteiger partial charge in [0.25, 0.3) is 0 Å². The minimum absolute atomic E-state index is 0.0633. The molecule has 6 heteroatoms. The van der Waals surface area contributed by atoms with Gasteiger partial charge < -0.3 is 15.2 Å². The number of carboxylic acid groups (broad SMARTS) is 1. The summed E-state index contributed by atoms with van der Waals surface area (Å²) in [6.07, 6.45) is -0.0144. The molecule has 1 saturated heterocycles. The highest BCUT2D eigenvalue weighted by atomic mass is 16.5. The average Bonchev–Trinajstić information content (AvgIpc) is 3.18. The molecule has 3 aromatic carbocycles. The number of amides is 1. The summed E-state index contributed by atoms with van der Waals surface area (Å²) in [7, 11) is 0. The van der Waals surface area contributed by atoms with Gasteiger partial charge in [-0.15, -0.1) is 0 Å². The Kier molecular flexibility index (Phi) is 6.07. The van der Waals surface area contributed by atoms with Gasteiger partial charge in [0.2, 0.25) is 0 Å². The molecule has 1 aliphatic carbocycles. The third-order valence-corrected chi connectivity index (χ3v) is 7.05. The van der Waals surface area contributed by atoms with Crippen molar-refractivity contribution in [2.75, 3.05) is 19.7 Å². The van der Waals surface area contributed by atoms with Crippen LogP contribution in [0.25, 0.3) is 11.1 Å². The zero-order valence-corrected chi connectivity index (χ0v) is 18.9. The van der Waals surface area contributed by atoms with Crippen molar-refractivity contribution >= 4 is 12.1 Å². The number of rotatable bonds is 6. The van der Waals surface area contributed by atoms with E-state index in [1.807, 2.05) is 42.5 Å². The van der Waals surface area contributed by atoms with E-state index in [9.17, 15) is 14.7 Å². The predicted octanol–water partition coefficient (Wildman–Crippen LogP) is 4.64. The first-order valence-electron chi connectivity index (χ1n) is 11.7. The zero-order valence-electron chi connectivity index (χ0n) is 18.9. The summed E-state index contributed by atoms with van der Waals surface area (Å²) in [5.74, 6) is -1.08. The summed E-state index contributed by atoms with van der Waals surface area (Å²) in [6.45, 7) is 2.10. The predicted molar refractivity (Wildman–Crippen MR) is 130 cm³/mol. The maximum atomic E-state index is 12.8. The van der Waals surface area contributed by atoms with Crippen LogP contribution >= 0.6 is 0 Å². The van der Waals surface area contributed by atoms with Crippen LogP contribution in [0.3, 0.4) is 0 Å². The number of nitrogens with zero attached hydrogens (tertiary/aromatic N) is 1. The van der Waals surface area contributed by atoms with Gasteiger partial charge >= 0.3 is 12.1 Å². The largest absolute Gasteiger partial charge is 0.480 e. The summed E-state index contributed by atoms with van der Waals surface area (Å²) >= 11 is 0. The first kappa shape index (κ1) is 22.2. The molecule has 0 unspecified atom stereocenters. The first-order chi connectivity index (χ1) is 16.6. The third kappa shape index (κ3) is 4.29. The van der Waals surface area contributed by atoms with Gasteiger partial charge in [0.1, 0.15) is 12.1 Å². The lowest BCUT2D eigenvalue weighted by atomic mass is 9.87. The highest BCUT2D eigenvalue weighted by molar-refractivity contribution is 5.85. The molecule has 0 aromatic heterocycles. The van der Waals surface area contributed by atoms with Crippen molar-refractivity contribution in [2.45, 2.75) is 30.8 Å². The maximum absolute atomic E-state index is 12.8. The number of nitrogens with one attached hydrogen (secondary N) is 1. The van der Waals surface area contributed by atoms with E-state index in [1.165, 1.54) is 5.56 Å². The molecule has 34 heavy (non-hydrogen) atoms. The Morgan fingerprint density at radius 1 is 0.882 bits per heavy atom. The number of likely N-dealkylation sites (tertiary alicyclic amines) is 1. The molecule has 1 amide bonds. The van der Waals surface area contributed by atoms with Crippen LogP contribution in [0.4, 0.5) is 4.79 Å². The number of ether oxygens (including phenoxy) is 1. The normalized spacial score (nSPS) is 16.9. The van der Waals surface area contributed by atoms with Crippen molar-refractivity contribution in [3.05, 3.63) is 95.6 Å². The van der Waals surface area contributed by atoms with E-state index in [-0.39, 0.29) is 12.5 Å². The molecule has 0 radical (unpaired) electrons. The van der Waals surface area contributed by atoms with E-state index >= 15 is 0 Å². The first-order valence-corrected chi connectivity index (χ1v) is 11.7. The van der Waals surface area contributed by atoms with E-state index < -0.39 is 17.6 Å². The summed E-state index contributed by atoms with van der Waals surface area (Å²) in [4.78, 5) is 27.2. The Labute approximate surface area is 199 Å². The van der Waals surface area contributed by atoms with Crippen LogP contribution in [0.15, 0.2) is 78.9 Å². The van der Waals surface area contributed by atoms with Crippen molar-refractivity contribution in [3.8, 4) is 11.1 Å². The van der Waals surface area contributed by atoms with Crippen LogP contribution in [0.5, 0.6) is 0 Å². The van der Waals surface area contributed by atoms with E-state index in [4.69, 9.17) is 4.74 Å². The molecule has 0 atom stereocenters. The van der Waals surface area contributed by atoms with Gasteiger partial charge in [-0.2, -0.15) is 0 Å². The number of carbonyl (C=O) groups excluding carboxylic acids is 1. The number of alkyl carbamates (subject to hydrolysis) is 1. The summed E-state index contributed by atoms with van der Waals surface area (Å²) < 4.78 is 5.61. The van der Waals surface area contributed by atoms with Gasteiger partial charge in [-0.25, -0.2) is 9.59 Å². The molecule has 2 aliphatic rings. The number of piperidine rings is 1. The molecule has 5 rings (SSSR count). The maximum Gasteiger partial charge on any atom is 0.408 e. The second-order valence-corrected chi connectivity index (χ2v) is 9.10. The fourth-order valence-electron chi connectivity index (χ4n) is 5.16. The van der Waals surface area contributed by atoms with E-state index in [0.717, 1.165) is 28.8 Å². The average molecular weight is 457 g/mol. The highest BCUT2D eigenvalue weighted by Crippen LogP contribution is 2.44. The molecule has 1 heterocycles. The lowest BCUT2D eigenvalue weighted by Gasteiger charge is -2.39. The SMILES string of the molecule is O=C(NC1(C(=O)O)CCN(Cc2ccccc2)CC1)OCC1c2ccccc2-c2ccccc21. The fourth-order valence-corrected chi connectivity index (χ4v) is 5.16. The van der Waals surface area contributed by atoms with Gasteiger partial charge in [0.05, 0.1) is 0 Å². The van der Waals surface area contributed by atoms with E-state index in [2.05, 4.69) is 46.6 Å². The zero-order chi connectivity index (χ0) is 23.5. The topological polar surface area (TPSA) is 78.9 Å². The van der Waals surface area contributed by atoms with Crippen LogP contribution < -0.4 is 5.32 Å². The van der Waals surface area contributed by atoms with Gasteiger partial charge in [0.15, 0.2) is 0 Å². The molecular weight excluding hydrogens is 428 g/mol. The summed E-state index contributed by atoms with van der Waals surface area (Å²) in [5.41, 5.74) is 4.43. The molecule has 6 nitrogen and oxygen atoms in total. The van der Waals surface area contributed by atoms with E-state index in [0.29, 0.717) is 25.9 Å². The van der Waals surface area contributed by atoms with Crippen LogP contribution in [-0.2, 0) is 16.1 Å². The van der Waals surface area contributed by atoms with Gasteiger partial charge in [0, 0.05) is 25.6 Å². The number of hydrogen-bond acceptors (Lipinski definition) is 4. The second-order valence-electron chi connectivity index (χ2n) is 9.10. The quantitative estimate of drug-likeness (QED) is 0.565. The van der Waals surface area contributed by atoms with Crippen molar-refractivity contribution in [3.63, 3.8) is 0 Å². The van der Waals surface area contributed by atoms with Gasteiger partial charge in [-0.05, 0) is 40.7 Å². The Balaban J connectivity index is 1.22. The summed E-state index contributed by atoms with van der Waals surface area (Å²) in [5, 5.41) is 12.7. The highest BCUT2D eigenvalue weighted by Gasteiger charge is 2.43. The molecule has 0 saturated carbocycles. The number of carbonyl (C=O) groups is 2. The molecular formula is C28H28N2O4. The number of carboxylic acids is 1. The molecule has 174 valence electrons. The van der Waals surface area contributed by atoms with Crippen LogP contribution in [0.2, 0.25) is 0 Å². The minimum Gasteiger partial charge on any atom is -0.480 e. The van der Waals surface area contributed by atoms with Crippen LogP contribution in [0.1, 0.15) is 35.4 Å². The van der Waals surface area contributed by atoms with Gasteiger partial charge in [-0.3, -0.25) is 4.90 Å². The Hall–Kier alpha value is -3.64. The molecule has 1 aliphatic heterocycles. The fraction of sp³-hybridized carbons (Fsp3) is 0.286. The Morgan fingerprint density at radius 2 is 1.44 bits per heavy atom. The van der Waals surface area contributed by atoms with Crippen molar-refractivity contribution in [2.24, 2.45) is 0 Å². The van der Waals surface area contributed by atoms with Gasteiger partial charge in [-0.1, -0.05) is 78.9 Å². The number of fused-ring (bicyclic) bond motifs is 3. The molecule has 1 fully saturated rings. The molecule has 0 spiro atoms. The third-order valence-electron chi connectivity index (χ3n) is 7.05. The molecule has 2 N–H and O–H groups in total. The standard InChI is InChI=1S/C28H28N2O4/c31-26(32)28(14-16-30(17-15-28)18-20-8-2-1-3-9-20)29-27(33)34-19-25-23-12-6-4-10-21(23)22-11-5-7-13-24(22)25/h1-13,25H,14-19H2,(H,29,33)(H,31,32). The van der Waals surface area contributed by atoms with Crippen molar-refractivity contribution in [1.29, 1.82) is 0 Å². The Bertz CT molecular complexity index is 1140. The smallest absolute Gasteiger partial charge is 0.408 e. The Morgan fingerprint density at radius 3 is 2.03 bits per heavy atom.